The van der Waals surface area contributed by atoms with E-state index in [4.69, 9.17) is 9.84 Å². The Kier molecular flexibility index (Phi) is 6.37. The van der Waals surface area contributed by atoms with Gasteiger partial charge in [-0.1, -0.05) is 37.1 Å². The molecule has 3 N–H and O–H groups in total. The highest BCUT2D eigenvalue weighted by Gasteiger charge is 2.06. The number of aromatic carboxylic acids is 1. The zero-order valence-corrected chi connectivity index (χ0v) is 15.6. The standard InChI is InChI=1S/C23H24O5/c24-21-8-5-7-16(22(21)25)6-3-1-2-4-13-28-20-12-11-17-14-19(23(26)27)10-9-18(17)15-20/h5,7-12,14-15,24-25H,1-4,6,13H2,(H,26,27). The minimum Gasteiger partial charge on any atom is -0.504 e. The van der Waals surface area contributed by atoms with E-state index in [1.165, 1.54) is 6.07 Å². The van der Waals surface area contributed by atoms with Crippen LogP contribution in [0.3, 0.4) is 0 Å². The number of phenolic OH excluding ortho intramolecular Hbond substituents is 2. The Bertz CT molecular complexity index is 964. The van der Waals surface area contributed by atoms with Crippen LogP contribution in [0.4, 0.5) is 0 Å². The van der Waals surface area contributed by atoms with E-state index in [9.17, 15) is 15.0 Å². The molecule has 0 atom stereocenters. The lowest BCUT2D eigenvalue weighted by molar-refractivity contribution is 0.0697. The largest absolute Gasteiger partial charge is 0.504 e. The number of carboxylic acids is 1. The molecule has 0 aliphatic carbocycles. The predicted molar refractivity (Wildman–Crippen MR) is 108 cm³/mol. The molecular weight excluding hydrogens is 356 g/mol. The van der Waals surface area contributed by atoms with Crippen LogP contribution in [0.15, 0.2) is 54.6 Å². The molecule has 0 amide bonds. The number of benzene rings is 3. The minimum absolute atomic E-state index is 0.0161. The van der Waals surface area contributed by atoms with Crippen molar-refractivity contribution in [1.29, 1.82) is 0 Å². The molecule has 0 radical (unpaired) electrons. The Morgan fingerprint density at radius 1 is 0.857 bits per heavy atom. The normalized spacial score (nSPS) is 10.9. The van der Waals surface area contributed by atoms with E-state index in [0.717, 1.165) is 54.2 Å². The van der Waals surface area contributed by atoms with Gasteiger partial charge in [0.25, 0.3) is 0 Å². The third-order valence-electron chi connectivity index (χ3n) is 4.77. The van der Waals surface area contributed by atoms with E-state index in [2.05, 4.69) is 0 Å². The van der Waals surface area contributed by atoms with Gasteiger partial charge < -0.3 is 20.1 Å². The SMILES string of the molecule is O=C(O)c1ccc2cc(OCCCCCCc3cccc(O)c3O)ccc2c1. The van der Waals surface area contributed by atoms with Crippen LogP contribution in [0, 0.1) is 0 Å². The van der Waals surface area contributed by atoms with E-state index in [1.54, 1.807) is 24.3 Å². The predicted octanol–water partition coefficient (Wildman–Crippen LogP) is 5.13. The molecule has 0 bridgehead atoms. The number of fused-ring (bicyclic) bond motifs is 1. The Morgan fingerprint density at radius 3 is 2.43 bits per heavy atom. The van der Waals surface area contributed by atoms with Crippen LogP contribution < -0.4 is 4.74 Å². The maximum Gasteiger partial charge on any atom is 0.335 e. The molecule has 0 saturated heterocycles. The lowest BCUT2D eigenvalue weighted by Gasteiger charge is -2.08. The van der Waals surface area contributed by atoms with Crippen LogP contribution in [-0.2, 0) is 6.42 Å². The van der Waals surface area contributed by atoms with Gasteiger partial charge >= 0.3 is 5.97 Å². The average Bonchev–Trinajstić information content (AvgIpc) is 2.69. The number of hydrogen-bond donors (Lipinski definition) is 3. The minimum atomic E-state index is -0.929. The molecule has 0 unspecified atom stereocenters. The van der Waals surface area contributed by atoms with E-state index < -0.39 is 5.97 Å². The van der Waals surface area contributed by atoms with Crippen molar-refractivity contribution < 1.29 is 24.9 Å². The third kappa shape index (κ3) is 4.94. The van der Waals surface area contributed by atoms with Crippen LogP contribution in [0.1, 0.15) is 41.6 Å². The zero-order chi connectivity index (χ0) is 19.9. The van der Waals surface area contributed by atoms with Gasteiger partial charge in [0.15, 0.2) is 11.5 Å². The first kappa shape index (κ1) is 19.5. The van der Waals surface area contributed by atoms with Crippen LogP contribution in [0.25, 0.3) is 10.8 Å². The van der Waals surface area contributed by atoms with E-state index >= 15 is 0 Å². The van der Waals surface area contributed by atoms with Crippen molar-refractivity contribution in [2.75, 3.05) is 6.61 Å². The van der Waals surface area contributed by atoms with Gasteiger partial charge in [-0.3, -0.25) is 0 Å². The van der Waals surface area contributed by atoms with Crippen molar-refractivity contribution in [3.63, 3.8) is 0 Å². The molecule has 0 heterocycles. The topological polar surface area (TPSA) is 87.0 Å². The smallest absolute Gasteiger partial charge is 0.335 e. The second-order valence-corrected chi connectivity index (χ2v) is 6.83. The lowest BCUT2D eigenvalue weighted by atomic mass is 10.0. The molecule has 0 saturated carbocycles. The molecule has 0 aromatic heterocycles. The summed E-state index contributed by atoms with van der Waals surface area (Å²) in [6, 6.07) is 15.8. The molecule has 3 aromatic carbocycles. The summed E-state index contributed by atoms with van der Waals surface area (Å²) in [5.74, 6) is -0.236. The van der Waals surface area contributed by atoms with Crippen LogP contribution in [0.2, 0.25) is 0 Å². The number of ether oxygens (including phenoxy) is 1. The fourth-order valence-corrected chi connectivity index (χ4v) is 3.19. The molecule has 0 spiro atoms. The number of carbonyl (C=O) groups is 1. The van der Waals surface area contributed by atoms with Gasteiger partial charge in [0.1, 0.15) is 5.75 Å². The van der Waals surface area contributed by atoms with Crippen LogP contribution in [-0.4, -0.2) is 27.9 Å². The van der Waals surface area contributed by atoms with Gasteiger partial charge in [-0.2, -0.15) is 0 Å². The quantitative estimate of drug-likeness (QED) is 0.354. The van der Waals surface area contributed by atoms with Crippen molar-refractivity contribution in [3.05, 3.63) is 65.7 Å². The first-order valence-corrected chi connectivity index (χ1v) is 9.44. The Balaban J connectivity index is 1.40. The summed E-state index contributed by atoms with van der Waals surface area (Å²) >= 11 is 0. The van der Waals surface area contributed by atoms with Gasteiger partial charge in [0.2, 0.25) is 0 Å². The number of aryl methyl sites for hydroxylation is 1. The maximum atomic E-state index is 11.0. The molecule has 28 heavy (non-hydrogen) atoms. The monoisotopic (exact) mass is 380 g/mol. The molecule has 3 rings (SSSR count). The van der Waals surface area contributed by atoms with Crippen molar-refractivity contribution in [3.8, 4) is 17.2 Å². The average molecular weight is 380 g/mol. The number of para-hydroxylation sites is 1. The second-order valence-electron chi connectivity index (χ2n) is 6.83. The summed E-state index contributed by atoms with van der Waals surface area (Å²) in [5.41, 5.74) is 1.05. The summed E-state index contributed by atoms with van der Waals surface area (Å²) in [7, 11) is 0. The number of phenols is 2. The summed E-state index contributed by atoms with van der Waals surface area (Å²) in [5, 5.41) is 30.2. The van der Waals surface area contributed by atoms with Gasteiger partial charge in [-0.25, -0.2) is 4.79 Å². The Labute approximate surface area is 163 Å². The number of carboxylic acid groups (broad SMARTS) is 1. The van der Waals surface area contributed by atoms with E-state index in [0.29, 0.717) is 6.61 Å². The molecular formula is C23H24O5. The van der Waals surface area contributed by atoms with Gasteiger partial charge in [0, 0.05) is 0 Å². The van der Waals surface area contributed by atoms with Gasteiger partial charge in [-0.15, -0.1) is 0 Å². The summed E-state index contributed by atoms with van der Waals surface area (Å²) in [4.78, 5) is 11.0. The first-order valence-electron chi connectivity index (χ1n) is 9.44. The zero-order valence-electron chi connectivity index (χ0n) is 15.6. The van der Waals surface area contributed by atoms with Gasteiger partial charge in [-0.05, 0) is 65.9 Å². The van der Waals surface area contributed by atoms with Crippen LogP contribution in [0.5, 0.6) is 17.2 Å². The molecule has 5 nitrogen and oxygen atoms in total. The summed E-state index contributed by atoms with van der Waals surface area (Å²) in [6.45, 7) is 0.621. The van der Waals surface area contributed by atoms with E-state index in [1.807, 2.05) is 24.3 Å². The van der Waals surface area contributed by atoms with Crippen molar-refractivity contribution in [2.24, 2.45) is 0 Å². The van der Waals surface area contributed by atoms with Crippen molar-refractivity contribution in [1.82, 2.24) is 0 Å². The van der Waals surface area contributed by atoms with Crippen LogP contribution >= 0.6 is 0 Å². The highest BCUT2D eigenvalue weighted by Crippen LogP contribution is 2.29. The molecule has 5 heteroatoms. The molecule has 3 aromatic rings. The van der Waals surface area contributed by atoms with Crippen molar-refractivity contribution >= 4 is 16.7 Å². The molecule has 0 aliphatic heterocycles. The lowest BCUT2D eigenvalue weighted by Crippen LogP contribution is -1.98. The molecule has 0 fully saturated rings. The number of hydrogen-bond acceptors (Lipinski definition) is 4. The third-order valence-corrected chi connectivity index (χ3v) is 4.77. The first-order chi connectivity index (χ1) is 13.5. The fraction of sp³-hybridized carbons (Fsp3) is 0.261. The Hall–Kier alpha value is -3.21. The highest BCUT2D eigenvalue weighted by molar-refractivity contribution is 5.94. The summed E-state index contributed by atoms with van der Waals surface area (Å²) < 4.78 is 5.80. The fourth-order valence-electron chi connectivity index (χ4n) is 3.19. The van der Waals surface area contributed by atoms with Gasteiger partial charge in [0.05, 0.1) is 12.2 Å². The molecule has 0 aliphatic rings. The second kappa shape index (κ2) is 9.13. The number of unbranched alkanes of at least 4 members (excludes halogenated alkanes) is 3. The molecule has 146 valence electrons. The maximum absolute atomic E-state index is 11.0. The van der Waals surface area contributed by atoms with Crippen molar-refractivity contribution in [2.45, 2.75) is 32.1 Å². The Morgan fingerprint density at radius 2 is 1.61 bits per heavy atom. The summed E-state index contributed by atoms with van der Waals surface area (Å²) in [6.07, 6.45) is 4.66. The number of aromatic hydroxyl groups is 2. The van der Waals surface area contributed by atoms with E-state index in [-0.39, 0.29) is 17.1 Å². The number of rotatable bonds is 9. The highest BCUT2D eigenvalue weighted by atomic mass is 16.5.